The highest BCUT2D eigenvalue weighted by Gasteiger charge is 2.37. The molecule has 1 aliphatic rings. The largest absolute Gasteiger partial charge is 0.416 e. The highest BCUT2D eigenvalue weighted by atomic mass is 19.4. The summed E-state index contributed by atoms with van der Waals surface area (Å²) in [6, 6.07) is 5.22. The van der Waals surface area contributed by atoms with Crippen molar-refractivity contribution in [1.82, 2.24) is 4.90 Å². The number of hydrogen-bond donors (Lipinski definition) is 1. The lowest BCUT2D eigenvalue weighted by Crippen LogP contribution is -2.48. The molecule has 0 spiro atoms. The maximum absolute atomic E-state index is 13.2. The highest BCUT2D eigenvalue weighted by molar-refractivity contribution is 5.33. The van der Waals surface area contributed by atoms with E-state index in [1.165, 1.54) is 12.1 Å². The Bertz CT molecular complexity index is 468. The number of morpholine rings is 1. The molecule has 6 heteroatoms. The predicted molar refractivity (Wildman–Crippen MR) is 74.8 cm³/mol. The normalized spacial score (nSPS) is 25.8. The van der Waals surface area contributed by atoms with Crippen molar-refractivity contribution >= 4 is 0 Å². The molecule has 0 amide bonds. The van der Waals surface area contributed by atoms with Crippen LogP contribution < -0.4 is 5.73 Å². The molecule has 0 aromatic heterocycles. The molecule has 1 aliphatic heterocycles. The van der Waals surface area contributed by atoms with E-state index in [0.717, 1.165) is 6.07 Å². The minimum Gasteiger partial charge on any atom is -0.373 e. The number of alkyl halides is 3. The Morgan fingerprint density at radius 1 is 1.24 bits per heavy atom. The fourth-order valence-corrected chi connectivity index (χ4v) is 2.99. The van der Waals surface area contributed by atoms with Crippen molar-refractivity contribution in [3.05, 3.63) is 35.4 Å². The van der Waals surface area contributed by atoms with Crippen molar-refractivity contribution in [2.24, 2.45) is 5.73 Å². The van der Waals surface area contributed by atoms with E-state index < -0.39 is 17.8 Å². The van der Waals surface area contributed by atoms with Gasteiger partial charge in [-0.15, -0.1) is 0 Å². The molecule has 0 aliphatic carbocycles. The van der Waals surface area contributed by atoms with Crippen LogP contribution in [0.4, 0.5) is 13.2 Å². The van der Waals surface area contributed by atoms with Crippen LogP contribution in [0.1, 0.15) is 31.0 Å². The molecule has 1 aromatic rings. The van der Waals surface area contributed by atoms with Crippen LogP contribution in [0.3, 0.4) is 0 Å². The van der Waals surface area contributed by atoms with E-state index in [1.54, 1.807) is 6.07 Å². The van der Waals surface area contributed by atoms with Crippen molar-refractivity contribution in [1.29, 1.82) is 0 Å². The van der Waals surface area contributed by atoms with Gasteiger partial charge in [0.2, 0.25) is 0 Å². The lowest BCUT2D eigenvalue weighted by atomic mass is 9.97. The van der Waals surface area contributed by atoms with E-state index in [2.05, 4.69) is 0 Å². The van der Waals surface area contributed by atoms with Crippen LogP contribution in [0.2, 0.25) is 0 Å². The lowest BCUT2D eigenvalue weighted by molar-refractivity contribution is -0.139. The summed E-state index contributed by atoms with van der Waals surface area (Å²) in [5, 5.41) is 0. The van der Waals surface area contributed by atoms with Gasteiger partial charge in [0.15, 0.2) is 0 Å². The molecule has 0 radical (unpaired) electrons. The standard InChI is InChI=1S/C15H21F3N2O/c1-10-8-20(9-11(2)21-10)14(7-19)12-5-3-4-6-13(12)15(16,17)18/h3-6,10-11,14H,7-9,19H2,1-2H3/t10-,11+,14?. The molecule has 2 rings (SSSR count). The molecular weight excluding hydrogens is 281 g/mol. The molecule has 0 saturated carbocycles. The number of nitrogens with zero attached hydrogens (tertiary/aromatic N) is 1. The van der Waals surface area contributed by atoms with Crippen LogP contribution in [0.5, 0.6) is 0 Å². The summed E-state index contributed by atoms with van der Waals surface area (Å²) >= 11 is 0. The number of halogens is 3. The maximum Gasteiger partial charge on any atom is 0.416 e. The zero-order chi connectivity index (χ0) is 15.6. The Hall–Kier alpha value is -1.11. The summed E-state index contributed by atoms with van der Waals surface area (Å²) in [5.41, 5.74) is 5.43. The summed E-state index contributed by atoms with van der Waals surface area (Å²) in [6.07, 6.45) is -4.39. The molecule has 1 unspecified atom stereocenters. The van der Waals surface area contributed by atoms with E-state index in [9.17, 15) is 13.2 Å². The summed E-state index contributed by atoms with van der Waals surface area (Å²) in [5.74, 6) is 0. The van der Waals surface area contributed by atoms with Gasteiger partial charge in [-0.05, 0) is 25.5 Å². The van der Waals surface area contributed by atoms with Crippen LogP contribution >= 0.6 is 0 Å². The smallest absolute Gasteiger partial charge is 0.373 e. The van der Waals surface area contributed by atoms with Crippen LogP contribution in [0.25, 0.3) is 0 Å². The van der Waals surface area contributed by atoms with E-state index in [-0.39, 0.29) is 24.3 Å². The first-order chi connectivity index (χ1) is 9.82. The van der Waals surface area contributed by atoms with Gasteiger partial charge in [-0.2, -0.15) is 13.2 Å². The van der Waals surface area contributed by atoms with Crippen LogP contribution in [0.15, 0.2) is 24.3 Å². The molecule has 3 nitrogen and oxygen atoms in total. The van der Waals surface area contributed by atoms with Gasteiger partial charge in [-0.1, -0.05) is 18.2 Å². The molecule has 21 heavy (non-hydrogen) atoms. The quantitative estimate of drug-likeness (QED) is 0.933. The number of ether oxygens (including phenoxy) is 1. The second-order valence-electron chi connectivity index (χ2n) is 5.55. The minimum atomic E-state index is -4.37. The van der Waals surface area contributed by atoms with Crippen LogP contribution in [0, 0.1) is 0 Å². The molecular formula is C15H21F3N2O. The van der Waals surface area contributed by atoms with Gasteiger partial charge < -0.3 is 10.5 Å². The van der Waals surface area contributed by atoms with Gasteiger partial charge in [0.1, 0.15) is 0 Å². The monoisotopic (exact) mass is 302 g/mol. The summed E-state index contributed by atoms with van der Waals surface area (Å²) in [6.45, 7) is 5.15. The number of nitrogens with two attached hydrogens (primary N) is 1. The zero-order valence-electron chi connectivity index (χ0n) is 12.2. The molecule has 3 atom stereocenters. The maximum atomic E-state index is 13.2. The number of benzene rings is 1. The van der Waals surface area contributed by atoms with Gasteiger partial charge in [0, 0.05) is 25.7 Å². The van der Waals surface area contributed by atoms with E-state index in [0.29, 0.717) is 13.1 Å². The lowest BCUT2D eigenvalue weighted by Gasteiger charge is -2.40. The molecule has 1 aromatic carbocycles. The molecule has 1 heterocycles. The molecule has 1 saturated heterocycles. The van der Waals surface area contributed by atoms with Gasteiger partial charge in [0.25, 0.3) is 0 Å². The average molecular weight is 302 g/mol. The molecule has 0 bridgehead atoms. The third kappa shape index (κ3) is 3.75. The van der Waals surface area contributed by atoms with E-state index in [4.69, 9.17) is 10.5 Å². The number of hydrogen-bond acceptors (Lipinski definition) is 3. The van der Waals surface area contributed by atoms with Gasteiger partial charge in [0.05, 0.1) is 17.8 Å². The Kier molecular flexibility index (Phi) is 4.91. The van der Waals surface area contributed by atoms with Crippen molar-refractivity contribution in [3.63, 3.8) is 0 Å². The SMILES string of the molecule is C[C@@H]1CN(C(CN)c2ccccc2C(F)(F)F)C[C@H](C)O1. The first kappa shape index (κ1) is 16.3. The highest BCUT2D eigenvalue weighted by Crippen LogP contribution is 2.36. The first-order valence-corrected chi connectivity index (χ1v) is 7.08. The van der Waals surface area contributed by atoms with Gasteiger partial charge >= 0.3 is 6.18 Å². The Labute approximate surface area is 122 Å². The van der Waals surface area contributed by atoms with E-state index in [1.807, 2.05) is 18.7 Å². The fraction of sp³-hybridized carbons (Fsp3) is 0.600. The fourth-order valence-electron chi connectivity index (χ4n) is 2.99. The van der Waals surface area contributed by atoms with E-state index >= 15 is 0 Å². The second-order valence-corrected chi connectivity index (χ2v) is 5.55. The molecule has 2 N–H and O–H groups in total. The molecule has 1 fully saturated rings. The average Bonchev–Trinajstić information content (AvgIpc) is 2.38. The van der Waals surface area contributed by atoms with Crippen molar-refractivity contribution in [2.45, 2.75) is 38.3 Å². The predicted octanol–water partition coefficient (Wildman–Crippen LogP) is 2.81. The summed E-state index contributed by atoms with van der Waals surface area (Å²) in [4.78, 5) is 1.99. The minimum absolute atomic E-state index is 0.0131. The van der Waals surface area contributed by atoms with Crippen molar-refractivity contribution < 1.29 is 17.9 Å². The Balaban J connectivity index is 2.34. The van der Waals surface area contributed by atoms with Crippen LogP contribution in [-0.4, -0.2) is 36.7 Å². The van der Waals surface area contributed by atoms with Crippen molar-refractivity contribution in [3.8, 4) is 0 Å². The Morgan fingerprint density at radius 3 is 2.33 bits per heavy atom. The van der Waals surface area contributed by atoms with Gasteiger partial charge in [-0.3, -0.25) is 4.90 Å². The topological polar surface area (TPSA) is 38.5 Å². The number of rotatable bonds is 3. The Morgan fingerprint density at radius 2 is 1.81 bits per heavy atom. The third-order valence-corrected chi connectivity index (χ3v) is 3.74. The zero-order valence-corrected chi connectivity index (χ0v) is 12.2. The summed E-state index contributed by atoms with van der Waals surface area (Å²) in [7, 11) is 0. The van der Waals surface area contributed by atoms with Crippen molar-refractivity contribution in [2.75, 3.05) is 19.6 Å². The third-order valence-electron chi connectivity index (χ3n) is 3.74. The van der Waals surface area contributed by atoms with Gasteiger partial charge in [-0.25, -0.2) is 0 Å². The first-order valence-electron chi connectivity index (χ1n) is 7.08. The van der Waals surface area contributed by atoms with Crippen LogP contribution in [-0.2, 0) is 10.9 Å². The second kappa shape index (κ2) is 6.34. The summed E-state index contributed by atoms with van der Waals surface area (Å²) < 4.78 is 45.2. The molecule has 118 valence electrons.